The number of halogens is 1. The van der Waals surface area contributed by atoms with Gasteiger partial charge in [-0.15, -0.1) is 0 Å². The Morgan fingerprint density at radius 3 is 2.55 bits per heavy atom. The van der Waals surface area contributed by atoms with Crippen LogP contribution in [0.2, 0.25) is 0 Å². The zero-order valence-electron chi connectivity index (χ0n) is 9.77. The Morgan fingerprint density at radius 1 is 1.15 bits per heavy atom. The van der Waals surface area contributed by atoms with E-state index in [1.54, 1.807) is 18.2 Å². The highest BCUT2D eigenvalue weighted by molar-refractivity contribution is 9.10. The van der Waals surface area contributed by atoms with Crippen LogP contribution in [-0.4, -0.2) is 14.9 Å². The maximum Gasteiger partial charge on any atom is 0.314 e. The van der Waals surface area contributed by atoms with E-state index in [4.69, 9.17) is 0 Å². The first-order valence-electron chi connectivity index (χ1n) is 5.51. The molecule has 0 aliphatic heterocycles. The van der Waals surface area contributed by atoms with E-state index in [2.05, 4.69) is 25.9 Å². The van der Waals surface area contributed by atoms with Gasteiger partial charge in [0.25, 0.3) is 5.69 Å². The molecule has 1 heterocycles. The lowest BCUT2D eigenvalue weighted by molar-refractivity contribution is -0.383. The molecule has 8 heteroatoms. The summed E-state index contributed by atoms with van der Waals surface area (Å²) in [6, 6.07) is 6.19. The van der Waals surface area contributed by atoms with Crippen LogP contribution in [0.4, 0.5) is 5.69 Å². The molecule has 0 amide bonds. The fourth-order valence-corrected chi connectivity index (χ4v) is 2.70. The Kier molecular flexibility index (Phi) is 2.68. The zero-order chi connectivity index (χ0) is 14.4. The zero-order valence-corrected chi connectivity index (χ0v) is 11.4. The molecule has 0 saturated heterocycles. The molecule has 0 atom stereocenters. The van der Waals surface area contributed by atoms with E-state index in [1.165, 1.54) is 6.07 Å². The topological polar surface area (TPSA) is 109 Å². The van der Waals surface area contributed by atoms with Gasteiger partial charge in [-0.1, -0.05) is 28.1 Å². The third kappa shape index (κ3) is 1.73. The van der Waals surface area contributed by atoms with Crippen LogP contribution in [0.5, 0.6) is 0 Å². The van der Waals surface area contributed by atoms with Crippen molar-refractivity contribution in [3.8, 4) is 0 Å². The number of non-ortho nitro benzene ring substituents is 1. The van der Waals surface area contributed by atoms with Gasteiger partial charge in [0.2, 0.25) is 0 Å². The highest BCUT2D eigenvalue weighted by atomic mass is 79.9. The van der Waals surface area contributed by atoms with E-state index < -0.39 is 16.0 Å². The van der Waals surface area contributed by atoms with Crippen LogP contribution in [0.15, 0.2) is 38.3 Å². The lowest BCUT2D eigenvalue weighted by Gasteiger charge is -2.06. The van der Waals surface area contributed by atoms with Gasteiger partial charge in [-0.3, -0.25) is 19.7 Å². The van der Waals surface area contributed by atoms with Gasteiger partial charge in [-0.05, 0) is 6.07 Å². The molecule has 0 unspecified atom stereocenters. The summed E-state index contributed by atoms with van der Waals surface area (Å²) in [6.45, 7) is 0. The molecule has 3 rings (SSSR count). The summed E-state index contributed by atoms with van der Waals surface area (Å²) in [5.74, 6) is 0. The molecule has 3 aromatic rings. The minimum atomic E-state index is -0.848. The summed E-state index contributed by atoms with van der Waals surface area (Å²) in [6.07, 6.45) is 0. The first kappa shape index (κ1) is 12.5. The SMILES string of the molecule is O=c1[nH]c2cc(Br)c3cccc([N+](=O)[O-])c3c2[nH]c1=O. The molecule has 1 aromatic heterocycles. The van der Waals surface area contributed by atoms with Crippen molar-refractivity contribution in [1.82, 2.24) is 9.97 Å². The van der Waals surface area contributed by atoms with Crippen LogP contribution in [0, 0.1) is 10.1 Å². The quantitative estimate of drug-likeness (QED) is 0.307. The fourth-order valence-electron chi connectivity index (χ4n) is 2.14. The van der Waals surface area contributed by atoms with Crippen LogP contribution in [-0.2, 0) is 0 Å². The highest BCUT2D eigenvalue weighted by Gasteiger charge is 2.17. The largest absolute Gasteiger partial charge is 0.316 e. The molecular weight excluding hydrogens is 330 g/mol. The van der Waals surface area contributed by atoms with Gasteiger partial charge >= 0.3 is 11.1 Å². The van der Waals surface area contributed by atoms with Crippen LogP contribution in [0.3, 0.4) is 0 Å². The molecule has 2 N–H and O–H groups in total. The van der Waals surface area contributed by atoms with Crippen molar-refractivity contribution in [3.63, 3.8) is 0 Å². The Bertz CT molecular complexity index is 990. The number of hydrogen-bond acceptors (Lipinski definition) is 4. The summed E-state index contributed by atoms with van der Waals surface area (Å²) in [5, 5.41) is 12.0. The third-order valence-corrected chi connectivity index (χ3v) is 3.64. The van der Waals surface area contributed by atoms with Crippen molar-refractivity contribution in [2.75, 3.05) is 0 Å². The van der Waals surface area contributed by atoms with Gasteiger partial charge < -0.3 is 9.97 Å². The summed E-state index contributed by atoms with van der Waals surface area (Å²) < 4.78 is 0.589. The van der Waals surface area contributed by atoms with Crippen molar-refractivity contribution < 1.29 is 4.92 Å². The van der Waals surface area contributed by atoms with Crippen molar-refractivity contribution in [2.45, 2.75) is 0 Å². The number of H-pyrrole nitrogens is 2. The Morgan fingerprint density at radius 2 is 1.85 bits per heavy atom. The molecule has 0 bridgehead atoms. The normalized spacial score (nSPS) is 11.1. The molecule has 100 valence electrons. The minimum Gasteiger partial charge on any atom is -0.316 e. The molecule has 2 aromatic carbocycles. The first-order valence-corrected chi connectivity index (χ1v) is 6.30. The molecule has 0 aliphatic carbocycles. The number of nitro groups is 1. The maximum absolute atomic E-state index is 11.5. The van der Waals surface area contributed by atoms with Crippen LogP contribution in [0.25, 0.3) is 21.8 Å². The van der Waals surface area contributed by atoms with Crippen molar-refractivity contribution in [2.24, 2.45) is 0 Å². The number of benzene rings is 2. The predicted octanol–water partition coefficient (Wildman–Crippen LogP) is 2.04. The number of nitrogens with zero attached hydrogens (tertiary/aromatic N) is 1. The summed E-state index contributed by atoms with van der Waals surface area (Å²) >= 11 is 3.31. The minimum absolute atomic E-state index is 0.142. The Balaban J connectivity index is 2.70. The van der Waals surface area contributed by atoms with Crippen LogP contribution >= 0.6 is 15.9 Å². The van der Waals surface area contributed by atoms with Gasteiger partial charge in [0.15, 0.2) is 0 Å². The monoisotopic (exact) mass is 335 g/mol. The lowest BCUT2D eigenvalue weighted by atomic mass is 10.1. The molecule has 0 spiro atoms. The van der Waals surface area contributed by atoms with E-state index in [-0.39, 0.29) is 16.6 Å². The molecule has 7 nitrogen and oxygen atoms in total. The van der Waals surface area contributed by atoms with Gasteiger partial charge in [-0.2, -0.15) is 0 Å². The van der Waals surface area contributed by atoms with Gasteiger partial charge in [0.05, 0.1) is 21.3 Å². The van der Waals surface area contributed by atoms with Gasteiger partial charge in [0, 0.05) is 15.9 Å². The number of aromatic nitrogens is 2. The number of nitro benzene ring substituents is 1. The van der Waals surface area contributed by atoms with E-state index in [0.29, 0.717) is 15.4 Å². The molecular formula is C12H6BrN3O4. The second-order valence-corrected chi connectivity index (χ2v) is 5.00. The molecule has 0 saturated carbocycles. The smallest absolute Gasteiger partial charge is 0.314 e. The second kappa shape index (κ2) is 4.27. The summed E-state index contributed by atoms with van der Waals surface area (Å²) in [7, 11) is 0. The molecule has 0 radical (unpaired) electrons. The highest BCUT2D eigenvalue weighted by Crippen LogP contribution is 2.35. The van der Waals surface area contributed by atoms with E-state index in [9.17, 15) is 19.7 Å². The Hall–Kier alpha value is -2.48. The van der Waals surface area contributed by atoms with E-state index in [0.717, 1.165) is 0 Å². The number of hydrogen-bond donors (Lipinski definition) is 2. The van der Waals surface area contributed by atoms with Gasteiger partial charge in [-0.25, -0.2) is 0 Å². The number of aromatic amines is 2. The fraction of sp³-hybridized carbons (Fsp3) is 0. The van der Waals surface area contributed by atoms with Crippen molar-refractivity contribution >= 4 is 43.4 Å². The van der Waals surface area contributed by atoms with Crippen molar-refractivity contribution in [3.05, 3.63) is 59.6 Å². The lowest BCUT2D eigenvalue weighted by Crippen LogP contribution is -2.29. The van der Waals surface area contributed by atoms with Gasteiger partial charge in [0.1, 0.15) is 0 Å². The average Bonchev–Trinajstić information content (AvgIpc) is 2.41. The summed E-state index contributed by atoms with van der Waals surface area (Å²) in [4.78, 5) is 38.2. The van der Waals surface area contributed by atoms with Crippen LogP contribution < -0.4 is 11.1 Å². The number of fused-ring (bicyclic) bond motifs is 3. The average molecular weight is 336 g/mol. The molecule has 0 aliphatic rings. The van der Waals surface area contributed by atoms with Crippen molar-refractivity contribution in [1.29, 1.82) is 0 Å². The third-order valence-electron chi connectivity index (χ3n) is 2.98. The standard InChI is InChI=1S/C12H6BrN3O4/c13-6-4-7-10(15-12(18)11(17)14-7)9-5(6)2-1-3-8(9)16(19)20/h1-4H,(H,14,17)(H,15,18). The molecule has 20 heavy (non-hydrogen) atoms. The van der Waals surface area contributed by atoms with E-state index in [1.807, 2.05) is 0 Å². The Labute approximate surface area is 118 Å². The predicted molar refractivity (Wildman–Crippen MR) is 77.0 cm³/mol. The molecule has 0 fully saturated rings. The summed E-state index contributed by atoms with van der Waals surface area (Å²) in [5.41, 5.74) is -1.23. The first-order chi connectivity index (χ1) is 9.49. The maximum atomic E-state index is 11.5. The second-order valence-electron chi connectivity index (χ2n) is 4.15. The van der Waals surface area contributed by atoms with E-state index >= 15 is 0 Å². The number of rotatable bonds is 1. The number of nitrogens with one attached hydrogen (secondary N) is 2. The van der Waals surface area contributed by atoms with Crippen LogP contribution in [0.1, 0.15) is 0 Å².